The number of aryl methyl sites for hydroxylation is 1. The summed E-state index contributed by atoms with van der Waals surface area (Å²) in [5, 5.41) is 13.3. The van der Waals surface area contributed by atoms with Crippen molar-refractivity contribution in [3.63, 3.8) is 0 Å². The lowest BCUT2D eigenvalue weighted by Gasteiger charge is -2.19. The van der Waals surface area contributed by atoms with Gasteiger partial charge in [-0.1, -0.05) is 11.3 Å². The van der Waals surface area contributed by atoms with Gasteiger partial charge in [0.05, 0.1) is 22.3 Å². The zero-order valence-corrected chi connectivity index (χ0v) is 14.0. The largest absolute Gasteiger partial charge is 0.478 e. The Morgan fingerprint density at radius 2 is 2.12 bits per heavy atom. The van der Waals surface area contributed by atoms with Crippen molar-refractivity contribution in [1.29, 1.82) is 0 Å². The molecule has 1 fully saturated rings. The van der Waals surface area contributed by atoms with Gasteiger partial charge in [0.2, 0.25) is 0 Å². The smallest absolute Gasteiger partial charge is 0.338 e. The third-order valence-electron chi connectivity index (χ3n) is 3.67. The third-order valence-corrected chi connectivity index (χ3v) is 4.93. The van der Waals surface area contributed by atoms with Crippen molar-refractivity contribution >= 4 is 34.1 Å². The van der Waals surface area contributed by atoms with Crippen LogP contribution in [0.1, 0.15) is 45.5 Å². The molecule has 2 aromatic rings. The molecule has 8 nitrogen and oxygen atoms in total. The normalized spacial score (nSPS) is 13.8. The van der Waals surface area contributed by atoms with Crippen LogP contribution in [0.4, 0.5) is 5.13 Å². The van der Waals surface area contributed by atoms with Gasteiger partial charge >= 0.3 is 5.97 Å². The van der Waals surface area contributed by atoms with Crippen LogP contribution < -0.4 is 4.90 Å². The molecule has 0 unspecified atom stereocenters. The quantitative estimate of drug-likeness (QED) is 0.797. The summed E-state index contributed by atoms with van der Waals surface area (Å²) < 4.78 is 1.30. The number of carboxylic acid groups (broad SMARTS) is 1. The number of hydrogen-bond donors (Lipinski definition) is 1. The minimum atomic E-state index is -1.09. The molecule has 126 valence electrons. The standard InChI is InChI=1S/C15H16N4O4S/c1-8-13(9(2)20)24-15(17-8)19(11-3-4-11)12(21)7-18-6-10(5-16-18)14(22)23/h5-6,11H,3-4,7H2,1-2H3,(H,22,23). The van der Waals surface area contributed by atoms with Gasteiger partial charge in [0.1, 0.15) is 6.54 Å². The van der Waals surface area contributed by atoms with E-state index in [4.69, 9.17) is 5.11 Å². The summed E-state index contributed by atoms with van der Waals surface area (Å²) in [5.41, 5.74) is 0.651. The Labute approximate surface area is 141 Å². The molecule has 2 aromatic heterocycles. The zero-order chi connectivity index (χ0) is 17.4. The zero-order valence-electron chi connectivity index (χ0n) is 13.2. The minimum absolute atomic E-state index is 0.0322. The predicted octanol–water partition coefficient (Wildman–Crippen LogP) is 1.74. The monoisotopic (exact) mass is 348 g/mol. The van der Waals surface area contributed by atoms with Gasteiger partial charge in [-0.05, 0) is 19.8 Å². The molecule has 3 rings (SSSR count). The van der Waals surface area contributed by atoms with Gasteiger partial charge in [-0.15, -0.1) is 0 Å². The van der Waals surface area contributed by atoms with Crippen LogP contribution >= 0.6 is 11.3 Å². The topological polar surface area (TPSA) is 105 Å². The SMILES string of the molecule is CC(=O)c1sc(N(C(=O)Cn2cc(C(=O)O)cn2)C2CC2)nc1C. The number of hydrogen-bond acceptors (Lipinski definition) is 6. The molecule has 0 aliphatic heterocycles. The lowest BCUT2D eigenvalue weighted by atomic mass is 10.3. The van der Waals surface area contributed by atoms with Crippen LogP contribution in [-0.2, 0) is 11.3 Å². The maximum atomic E-state index is 12.7. The summed E-state index contributed by atoms with van der Waals surface area (Å²) in [6, 6.07) is 0.0809. The number of anilines is 1. The highest BCUT2D eigenvalue weighted by Crippen LogP contribution is 2.35. The van der Waals surface area contributed by atoms with E-state index in [1.807, 2.05) is 0 Å². The molecule has 0 bridgehead atoms. The second-order valence-electron chi connectivity index (χ2n) is 5.69. The predicted molar refractivity (Wildman–Crippen MR) is 86.5 cm³/mol. The summed E-state index contributed by atoms with van der Waals surface area (Å²) in [6.07, 6.45) is 4.30. The first-order valence-corrected chi connectivity index (χ1v) is 8.24. The van der Waals surface area contributed by atoms with Crippen LogP contribution in [0.25, 0.3) is 0 Å². The Hall–Kier alpha value is -2.55. The molecular weight excluding hydrogens is 332 g/mol. The molecule has 2 heterocycles. The summed E-state index contributed by atoms with van der Waals surface area (Å²) in [7, 11) is 0. The van der Waals surface area contributed by atoms with Crippen molar-refractivity contribution < 1.29 is 19.5 Å². The van der Waals surface area contributed by atoms with E-state index in [1.54, 1.807) is 11.8 Å². The fourth-order valence-electron chi connectivity index (χ4n) is 2.39. The minimum Gasteiger partial charge on any atom is -0.478 e. The summed E-state index contributed by atoms with van der Waals surface area (Å²) in [5.74, 6) is -1.38. The van der Waals surface area contributed by atoms with Gasteiger partial charge in [0.25, 0.3) is 5.91 Å². The molecule has 0 aromatic carbocycles. The average Bonchev–Trinajstić information content (AvgIpc) is 3.07. The maximum absolute atomic E-state index is 12.7. The summed E-state index contributed by atoms with van der Waals surface area (Å²) >= 11 is 1.21. The van der Waals surface area contributed by atoms with Crippen LogP contribution in [0.2, 0.25) is 0 Å². The van der Waals surface area contributed by atoms with Crippen LogP contribution in [0.3, 0.4) is 0 Å². The number of rotatable bonds is 6. The first-order chi connectivity index (χ1) is 11.4. The fourth-order valence-corrected chi connectivity index (χ4v) is 3.44. The van der Waals surface area contributed by atoms with Crippen molar-refractivity contribution in [1.82, 2.24) is 14.8 Å². The maximum Gasteiger partial charge on any atom is 0.338 e. The van der Waals surface area contributed by atoms with Gasteiger partial charge in [-0.3, -0.25) is 19.2 Å². The highest BCUT2D eigenvalue weighted by molar-refractivity contribution is 7.17. The molecule has 1 aliphatic rings. The van der Waals surface area contributed by atoms with Crippen molar-refractivity contribution in [3.05, 3.63) is 28.5 Å². The molecular formula is C15H16N4O4S. The molecule has 0 atom stereocenters. The summed E-state index contributed by atoms with van der Waals surface area (Å²) in [4.78, 5) is 41.7. The second kappa shape index (κ2) is 6.16. The number of Topliss-reactive ketones (excluding diaryl/α,β-unsaturated/α-hetero) is 1. The van der Waals surface area contributed by atoms with E-state index in [-0.39, 0.29) is 29.8 Å². The van der Waals surface area contributed by atoms with Crippen LogP contribution in [0.5, 0.6) is 0 Å². The Balaban J connectivity index is 1.82. The number of aromatic nitrogens is 3. The Morgan fingerprint density at radius 1 is 1.42 bits per heavy atom. The van der Waals surface area contributed by atoms with Gasteiger partial charge in [-0.25, -0.2) is 9.78 Å². The number of carbonyl (C=O) groups is 3. The van der Waals surface area contributed by atoms with E-state index in [9.17, 15) is 14.4 Å². The lowest BCUT2D eigenvalue weighted by molar-refractivity contribution is -0.119. The van der Waals surface area contributed by atoms with Crippen molar-refractivity contribution in [2.24, 2.45) is 0 Å². The lowest BCUT2D eigenvalue weighted by Crippen LogP contribution is -2.35. The first kappa shape index (κ1) is 16.3. The molecule has 1 aliphatic carbocycles. The highest BCUT2D eigenvalue weighted by atomic mass is 32.1. The molecule has 0 spiro atoms. The molecule has 1 amide bonds. The van der Waals surface area contributed by atoms with E-state index in [2.05, 4.69) is 10.1 Å². The third kappa shape index (κ3) is 3.21. The molecule has 0 saturated heterocycles. The second-order valence-corrected chi connectivity index (χ2v) is 6.67. The van der Waals surface area contributed by atoms with Gasteiger partial charge in [0.15, 0.2) is 10.9 Å². The van der Waals surface area contributed by atoms with E-state index in [0.29, 0.717) is 15.7 Å². The van der Waals surface area contributed by atoms with Gasteiger partial charge in [0, 0.05) is 19.2 Å². The first-order valence-electron chi connectivity index (χ1n) is 7.43. The Morgan fingerprint density at radius 3 is 2.62 bits per heavy atom. The number of carboxylic acids is 1. The molecule has 1 saturated carbocycles. The van der Waals surface area contributed by atoms with Crippen LogP contribution in [0, 0.1) is 6.92 Å². The summed E-state index contributed by atoms with van der Waals surface area (Å²) in [6.45, 7) is 3.15. The highest BCUT2D eigenvalue weighted by Gasteiger charge is 2.36. The van der Waals surface area contributed by atoms with Gasteiger partial charge in [-0.2, -0.15) is 5.10 Å². The number of nitrogens with zero attached hydrogens (tertiary/aromatic N) is 4. The molecule has 0 radical (unpaired) electrons. The van der Waals surface area contributed by atoms with Crippen LogP contribution in [0.15, 0.2) is 12.4 Å². The number of aromatic carboxylic acids is 1. The molecule has 1 N–H and O–H groups in total. The van der Waals surface area contributed by atoms with Crippen molar-refractivity contribution in [2.75, 3.05) is 4.90 Å². The van der Waals surface area contributed by atoms with Crippen LogP contribution in [-0.4, -0.2) is 43.6 Å². The Bertz CT molecular complexity index is 821. The molecule has 24 heavy (non-hydrogen) atoms. The van der Waals surface area contributed by atoms with Crippen molar-refractivity contribution in [2.45, 2.75) is 39.3 Å². The van der Waals surface area contributed by atoms with E-state index < -0.39 is 5.97 Å². The Kier molecular flexibility index (Phi) is 4.18. The van der Waals surface area contributed by atoms with E-state index in [0.717, 1.165) is 12.8 Å². The number of carbonyl (C=O) groups excluding carboxylic acids is 2. The van der Waals surface area contributed by atoms with Gasteiger partial charge < -0.3 is 5.11 Å². The number of amides is 1. The molecule has 9 heteroatoms. The van der Waals surface area contributed by atoms with E-state index in [1.165, 1.54) is 35.3 Å². The average molecular weight is 348 g/mol. The number of thiazole rings is 1. The van der Waals surface area contributed by atoms with Crippen molar-refractivity contribution in [3.8, 4) is 0 Å². The number of ketones is 1. The fraction of sp³-hybridized carbons (Fsp3) is 0.400. The van der Waals surface area contributed by atoms with E-state index >= 15 is 0 Å².